The number of hydrogen-bond acceptors (Lipinski definition) is 3. The van der Waals surface area contributed by atoms with Crippen molar-refractivity contribution in [1.82, 2.24) is 0 Å². The van der Waals surface area contributed by atoms with E-state index in [1.807, 2.05) is 0 Å². The minimum absolute atomic E-state index is 0.0372. The minimum Gasteiger partial charge on any atom is -0.491 e. The molecule has 2 rings (SSSR count). The van der Waals surface area contributed by atoms with E-state index in [1.165, 1.54) is 13.8 Å². The predicted octanol–water partition coefficient (Wildman–Crippen LogP) is 5.00. The second-order valence-corrected chi connectivity index (χ2v) is 5.16. The largest absolute Gasteiger partial charge is 0.491 e. The fourth-order valence-electron chi connectivity index (χ4n) is 1.95. The van der Waals surface area contributed by atoms with Crippen molar-refractivity contribution in [3.8, 4) is 17.2 Å². The first-order valence-electron chi connectivity index (χ1n) is 7.41. The molecule has 0 bridgehead atoms. The van der Waals surface area contributed by atoms with Gasteiger partial charge in [-0.3, -0.25) is 0 Å². The normalized spacial score (nSPS) is 11.4. The van der Waals surface area contributed by atoms with Crippen molar-refractivity contribution in [1.29, 1.82) is 0 Å². The highest BCUT2D eigenvalue weighted by molar-refractivity contribution is 5.35. The Morgan fingerprint density at radius 3 is 1.92 bits per heavy atom. The van der Waals surface area contributed by atoms with Crippen LogP contribution in [-0.2, 0) is 0 Å². The average molecular weight is 380 g/mol. The molecular formula is C17H14F6O3. The molecule has 0 aliphatic carbocycles. The number of benzene rings is 2. The molecule has 0 aromatic heterocycles. The second kappa shape index (κ2) is 7.76. The number of rotatable bonds is 7. The van der Waals surface area contributed by atoms with Gasteiger partial charge < -0.3 is 14.2 Å². The maximum atomic E-state index is 13.8. The highest BCUT2D eigenvalue weighted by Gasteiger charge is 2.35. The molecule has 0 radical (unpaired) electrons. The molecular weight excluding hydrogens is 366 g/mol. The molecule has 0 unspecified atom stereocenters. The molecule has 0 aliphatic rings. The van der Waals surface area contributed by atoms with Gasteiger partial charge in [-0.2, -0.15) is 22.0 Å². The summed E-state index contributed by atoms with van der Waals surface area (Å²) in [5.74, 6) is -8.18. The summed E-state index contributed by atoms with van der Waals surface area (Å²) in [6.45, 7) is 1.30. The summed E-state index contributed by atoms with van der Waals surface area (Å²) in [5.41, 5.74) is -0.0372. The van der Waals surface area contributed by atoms with E-state index in [4.69, 9.17) is 4.74 Å². The molecule has 0 fully saturated rings. The van der Waals surface area contributed by atoms with Crippen molar-refractivity contribution in [3.63, 3.8) is 0 Å². The number of ether oxygens (including phenoxy) is 3. The summed E-state index contributed by atoms with van der Waals surface area (Å²) in [4.78, 5) is 0. The Morgan fingerprint density at radius 1 is 0.769 bits per heavy atom. The zero-order valence-corrected chi connectivity index (χ0v) is 13.7. The van der Waals surface area contributed by atoms with Gasteiger partial charge in [0.1, 0.15) is 0 Å². The SMILES string of the molecule is CCOc1ccc(OC(F)(F)COc2ccc(C)c(F)c2F)c(F)c1F. The molecule has 9 heteroatoms. The van der Waals surface area contributed by atoms with E-state index in [-0.39, 0.29) is 12.2 Å². The monoisotopic (exact) mass is 380 g/mol. The van der Waals surface area contributed by atoms with E-state index in [1.54, 1.807) is 0 Å². The lowest BCUT2D eigenvalue weighted by molar-refractivity contribution is -0.197. The number of hydrogen-bond donors (Lipinski definition) is 0. The third-order valence-corrected chi connectivity index (χ3v) is 3.21. The van der Waals surface area contributed by atoms with E-state index in [2.05, 4.69) is 9.47 Å². The van der Waals surface area contributed by atoms with Crippen molar-refractivity contribution in [3.05, 3.63) is 53.1 Å². The first kappa shape index (κ1) is 19.7. The zero-order valence-electron chi connectivity index (χ0n) is 13.7. The molecule has 2 aromatic rings. The fourth-order valence-corrected chi connectivity index (χ4v) is 1.95. The van der Waals surface area contributed by atoms with Gasteiger partial charge in [0.2, 0.25) is 17.5 Å². The molecule has 26 heavy (non-hydrogen) atoms. The summed E-state index contributed by atoms with van der Waals surface area (Å²) in [6, 6.07) is 3.77. The standard InChI is InChI=1S/C17H14F6O3/c1-3-24-10-6-7-12(16(21)15(10)20)26-17(22,23)8-25-11-5-4-9(2)13(18)14(11)19/h4-7H,3,8H2,1-2H3. The van der Waals surface area contributed by atoms with Gasteiger partial charge >= 0.3 is 6.11 Å². The molecule has 142 valence electrons. The van der Waals surface area contributed by atoms with Gasteiger partial charge in [-0.1, -0.05) is 6.07 Å². The van der Waals surface area contributed by atoms with Crippen LogP contribution < -0.4 is 14.2 Å². The summed E-state index contributed by atoms with van der Waals surface area (Å²) < 4.78 is 95.4. The number of alkyl halides is 2. The maximum absolute atomic E-state index is 13.8. The zero-order chi connectivity index (χ0) is 19.5. The van der Waals surface area contributed by atoms with Crippen LogP contribution in [0.4, 0.5) is 26.3 Å². The van der Waals surface area contributed by atoms with E-state index < -0.39 is 53.2 Å². The smallest absolute Gasteiger partial charge is 0.433 e. The molecule has 0 N–H and O–H groups in total. The average Bonchev–Trinajstić information content (AvgIpc) is 2.59. The molecule has 0 heterocycles. The quantitative estimate of drug-likeness (QED) is 0.633. The van der Waals surface area contributed by atoms with Gasteiger partial charge in [0.15, 0.2) is 29.7 Å². The lowest BCUT2D eigenvalue weighted by atomic mass is 10.2. The Morgan fingerprint density at radius 2 is 1.27 bits per heavy atom. The molecule has 0 amide bonds. The lowest BCUT2D eigenvalue weighted by Crippen LogP contribution is -2.33. The van der Waals surface area contributed by atoms with Gasteiger partial charge in [-0.05, 0) is 37.6 Å². The Hall–Kier alpha value is -2.58. The van der Waals surface area contributed by atoms with Crippen molar-refractivity contribution in [2.45, 2.75) is 20.0 Å². The molecule has 0 atom stereocenters. The van der Waals surface area contributed by atoms with Gasteiger partial charge in [0.05, 0.1) is 6.61 Å². The Kier molecular flexibility index (Phi) is 5.89. The van der Waals surface area contributed by atoms with E-state index >= 15 is 0 Å². The van der Waals surface area contributed by atoms with Crippen LogP contribution in [0.5, 0.6) is 17.2 Å². The molecule has 0 spiro atoms. The van der Waals surface area contributed by atoms with Crippen LogP contribution in [0.3, 0.4) is 0 Å². The highest BCUT2D eigenvalue weighted by Crippen LogP contribution is 2.32. The number of aryl methyl sites for hydroxylation is 1. The first-order valence-corrected chi connectivity index (χ1v) is 7.41. The summed E-state index contributed by atoms with van der Waals surface area (Å²) >= 11 is 0. The molecule has 0 saturated carbocycles. The van der Waals surface area contributed by atoms with Crippen LogP contribution in [0.1, 0.15) is 12.5 Å². The van der Waals surface area contributed by atoms with Gasteiger partial charge in [-0.25, -0.2) is 4.39 Å². The maximum Gasteiger partial charge on any atom is 0.433 e. The summed E-state index contributed by atoms with van der Waals surface area (Å²) in [7, 11) is 0. The van der Waals surface area contributed by atoms with Crippen molar-refractivity contribution in [2.24, 2.45) is 0 Å². The van der Waals surface area contributed by atoms with Crippen molar-refractivity contribution >= 4 is 0 Å². The molecule has 0 saturated heterocycles. The fraction of sp³-hybridized carbons (Fsp3) is 0.294. The van der Waals surface area contributed by atoms with E-state index in [9.17, 15) is 26.3 Å². The molecule has 3 nitrogen and oxygen atoms in total. The molecule has 0 aliphatic heterocycles. The third kappa shape index (κ3) is 4.33. The Labute approximate surface area is 145 Å². The first-order chi connectivity index (χ1) is 12.2. The highest BCUT2D eigenvalue weighted by atomic mass is 19.3. The van der Waals surface area contributed by atoms with Gasteiger partial charge in [-0.15, -0.1) is 0 Å². The van der Waals surface area contributed by atoms with Gasteiger partial charge in [0, 0.05) is 0 Å². The van der Waals surface area contributed by atoms with Crippen LogP contribution in [0.15, 0.2) is 24.3 Å². The van der Waals surface area contributed by atoms with Crippen LogP contribution >= 0.6 is 0 Å². The topological polar surface area (TPSA) is 27.7 Å². The number of halogens is 6. The van der Waals surface area contributed by atoms with E-state index in [0.29, 0.717) is 0 Å². The van der Waals surface area contributed by atoms with Crippen LogP contribution in [0, 0.1) is 30.2 Å². The third-order valence-electron chi connectivity index (χ3n) is 3.21. The Balaban J connectivity index is 2.12. The van der Waals surface area contributed by atoms with E-state index in [0.717, 1.165) is 24.3 Å². The van der Waals surface area contributed by atoms with Crippen molar-refractivity contribution < 1.29 is 40.6 Å². The van der Waals surface area contributed by atoms with Crippen LogP contribution in [-0.4, -0.2) is 19.3 Å². The Bertz CT molecular complexity index is 795. The minimum atomic E-state index is -4.14. The van der Waals surface area contributed by atoms with Crippen LogP contribution in [0.2, 0.25) is 0 Å². The lowest BCUT2D eigenvalue weighted by Gasteiger charge is -2.19. The van der Waals surface area contributed by atoms with Crippen molar-refractivity contribution in [2.75, 3.05) is 13.2 Å². The summed E-state index contributed by atoms with van der Waals surface area (Å²) in [5, 5.41) is 0. The van der Waals surface area contributed by atoms with Crippen LogP contribution in [0.25, 0.3) is 0 Å². The predicted molar refractivity (Wildman–Crippen MR) is 79.7 cm³/mol. The molecule has 2 aromatic carbocycles. The summed E-state index contributed by atoms with van der Waals surface area (Å²) in [6.07, 6.45) is -4.14. The van der Waals surface area contributed by atoms with Gasteiger partial charge in [0.25, 0.3) is 0 Å². The second-order valence-electron chi connectivity index (χ2n) is 5.16.